The Labute approximate surface area is 180 Å². The first-order valence-electron chi connectivity index (χ1n) is 10.0. The van der Waals surface area contributed by atoms with Crippen LogP contribution in [0.1, 0.15) is 11.1 Å². The van der Waals surface area contributed by atoms with E-state index in [-0.39, 0.29) is 5.75 Å². The van der Waals surface area contributed by atoms with Crippen molar-refractivity contribution in [3.63, 3.8) is 0 Å². The minimum absolute atomic E-state index is 0.286. The summed E-state index contributed by atoms with van der Waals surface area (Å²) in [6.45, 7) is 8.24. The van der Waals surface area contributed by atoms with Gasteiger partial charge in [-0.2, -0.15) is 0 Å². The summed E-state index contributed by atoms with van der Waals surface area (Å²) in [7, 11) is -0.495. The lowest BCUT2D eigenvalue weighted by atomic mass is 9.97. The summed E-state index contributed by atoms with van der Waals surface area (Å²) in [5.41, 5.74) is 4.07. The maximum Gasteiger partial charge on any atom is 0.148 e. The fraction of sp³-hybridized carbons (Fsp3) is 0.148. The van der Waals surface area contributed by atoms with Crippen molar-refractivity contribution in [1.82, 2.24) is 0 Å². The number of hydrogen-bond donors (Lipinski definition) is 1. The van der Waals surface area contributed by atoms with Crippen molar-refractivity contribution >= 4 is 19.1 Å². The van der Waals surface area contributed by atoms with Gasteiger partial charge in [0.1, 0.15) is 37.1 Å². The second-order valence-corrected chi connectivity index (χ2v) is 9.15. The lowest BCUT2D eigenvalue weighted by Gasteiger charge is -2.14. The summed E-state index contributed by atoms with van der Waals surface area (Å²) < 4.78 is 6.21. The van der Waals surface area contributed by atoms with E-state index in [4.69, 9.17) is 4.74 Å². The average Bonchev–Trinajstić information content (AvgIpc) is 2.77. The molecule has 3 aromatic rings. The van der Waals surface area contributed by atoms with Gasteiger partial charge in [-0.05, 0) is 65.9 Å². The van der Waals surface area contributed by atoms with Crippen LogP contribution in [0, 0.1) is 0 Å². The van der Waals surface area contributed by atoms with E-state index in [1.165, 1.54) is 10.9 Å². The molecule has 2 nitrogen and oxygen atoms in total. The van der Waals surface area contributed by atoms with Crippen LogP contribution in [0.4, 0.5) is 0 Å². The van der Waals surface area contributed by atoms with Crippen molar-refractivity contribution in [1.29, 1.82) is 0 Å². The zero-order valence-corrected chi connectivity index (χ0v) is 18.2. The van der Waals surface area contributed by atoms with Gasteiger partial charge in [-0.1, -0.05) is 42.5 Å². The summed E-state index contributed by atoms with van der Waals surface area (Å²) in [6.07, 6.45) is 10.3. The molecule has 3 heteroatoms. The van der Waals surface area contributed by atoms with Gasteiger partial charge < -0.3 is 9.84 Å². The highest BCUT2D eigenvalue weighted by molar-refractivity contribution is 7.63. The summed E-state index contributed by atoms with van der Waals surface area (Å²) in [4.78, 5) is 0. The predicted octanol–water partition coefficient (Wildman–Crippen LogP) is 6.13. The van der Waals surface area contributed by atoms with Crippen LogP contribution < -0.4 is 10.0 Å². The number of phenolic OH excluding ortho intramolecular Hbond substituents is 1. The van der Waals surface area contributed by atoms with Gasteiger partial charge in [-0.25, -0.2) is 0 Å². The Balaban J connectivity index is 1.84. The zero-order chi connectivity index (χ0) is 21.3. The molecule has 1 atom stereocenters. The van der Waals surface area contributed by atoms with Gasteiger partial charge in [-0.3, -0.25) is 0 Å². The number of aromatic hydroxyl groups is 1. The maximum absolute atomic E-state index is 10.1. The summed E-state index contributed by atoms with van der Waals surface area (Å²) in [5.74, 6) is 1.13. The molecule has 0 aliphatic rings. The first-order chi connectivity index (χ1) is 14.6. The Morgan fingerprint density at radius 3 is 2.40 bits per heavy atom. The van der Waals surface area contributed by atoms with Gasteiger partial charge in [0, 0.05) is 5.56 Å². The molecule has 3 rings (SSSR count). The molecule has 0 heterocycles. The smallest absolute Gasteiger partial charge is 0.148 e. The molecule has 152 valence electrons. The molecular formula is C27H28O2P+. The van der Waals surface area contributed by atoms with Gasteiger partial charge in [0.25, 0.3) is 0 Å². The highest BCUT2D eigenvalue weighted by Gasteiger charge is 2.13. The standard InChI is InChI=1S/C27H27O2P/c1-4-9-21-13-16-27(29-17-18-30(3)24-11-7-6-8-12-24)25(19-21)22-14-15-26(28)23(20-22)10-5-2/h4-8,11-16,19-20H,1-3,9-10,17-18H2/p+1. The molecule has 0 saturated heterocycles. The van der Waals surface area contributed by atoms with Crippen molar-refractivity contribution < 1.29 is 9.84 Å². The van der Waals surface area contributed by atoms with Crippen LogP contribution in [0.3, 0.4) is 0 Å². The van der Waals surface area contributed by atoms with Gasteiger partial charge in [0.15, 0.2) is 0 Å². The third-order valence-corrected chi connectivity index (χ3v) is 6.67. The zero-order valence-electron chi connectivity index (χ0n) is 17.3. The molecule has 0 amide bonds. The van der Waals surface area contributed by atoms with Gasteiger partial charge in [0.05, 0.1) is 6.30 Å². The molecule has 1 N–H and O–H groups in total. The van der Waals surface area contributed by atoms with E-state index in [9.17, 15) is 5.11 Å². The highest BCUT2D eigenvalue weighted by atomic mass is 31.1. The molecule has 3 aromatic carbocycles. The number of hydrogen-bond acceptors (Lipinski definition) is 2. The van der Waals surface area contributed by atoms with E-state index < -0.39 is 7.55 Å². The minimum Gasteiger partial charge on any atom is -0.508 e. The second-order valence-electron chi connectivity index (χ2n) is 7.11. The number of rotatable bonds is 10. The minimum atomic E-state index is -0.495. The van der Waals surface area contributed by atoms with Crippen LogP contribution >= 0.6 is 7.55 Å². The average molecular weight is 415 g/mol. The largest absolute Gasteiger partial charge is 0.508 e. The molecule has 1 unspecified atom stereocenters. The van der Waals surface area contributed by atoms with E-state index >= 15 is 0 Å². The van der Waals surface area contributed by atoms with E-state index in [1.54, 1.807) is 12.1 Å². The number of allylic oxidation sites excluding steroid dienone is 2. The molecular weight excluding hydrogens is 387 g/mol. The fourth-order valence-electron chi connectivity index (χ4n) is 3.33. The molecule has 0 aliphatic heterocycles. The van der Waals surface area contributed by atoms with Crippen molar-refractivity contribution in [2.24, 2.45) is 0 Å². The molecule has 0 aromatic heterocycles. The summed E-state index contributed by atoms with van der Waals surface area (Å²) in [5, 5.41) is 11.4. The lowest BCUT2D eigenvalue weighted by Crippen LogP contribution is -2.06. The first-order valence-corrected chi connectivity index (χ1v) is 11.8. The molecule has 0 radical (unpaired) electrons. The quantitative estimate of drug-likeness (QED) is 0.319. The van der Waals surface area contributed by atoms with Crippen molar-refractivity contribution in [3.05, 3.63) is 103 Å². The Morgan fingerprint density at radius 1 is 0.900 bits per heavy atom. The van der Waals surface area contributed by atoms with Crippen LogP contribution in [-0.2, 0) is 12.8 Å². The SMILES string of the molecule is C=CCc1ccc(OCC[P+](=C)c2ccccc2)c(-c2ccc(O)c(CC=C)c2)c1. The van der Waals surface area contributed by atoms with Gasteiger partial charge in [-0.15, -0.1) is 13.2 Å². The summed E-state index contributed by atoms with van der Waals surface area (Å²) >= 11 is 0. The maximum atomic E-state index is 10.1. The third-order valence-electron chi connectivity index (χ3n) is 4.92. The van der Waals surface area contributed by atoms with Gasteiger partial charge >= 0.3 is 0 Å². The molecule has 0 bridgehead atoms. The van der Waals surface area contributed by atoms with Crippen molar-refractivity contribution in [3.8, 4) is 22.6 Å². The van der Waals surface area contributed by atoms with Crippen LogP contribution in [0.15, 0.2) is 92.0 Å². The van der Waals surface area contributed by atoms with Gasteiger partial charge in [0.2, 0.25) is 0 Å². The number of ether oxygens (including phenoxy) is 1. The fourth-order valence-corrected chi connectivity index (χ4v) is 4.49. The predicted molar refractivity (Wildman–Crippen MR) is 132 cm³/mol. The topological polar surface area (TPSA) is 29.5 Å². The molecule has 0 fully saturated rings. The normalized spacial score (nSPS) is 11.0. The molecule has 30 heavy (non-hydrogen) atoms. The van der Waals surface area contributed by atoms with E-state index in [0.29, 0.717) is 13.0 Å². The lowest BCUT2D eigenvalue weighted by molar-refractivity contribution is 0.345. The van der Waals surface area contributed by atoms with Crippen LogP contribution in [0.5, 0.6) is 11.5 Å². The monoisotopic (exact) mass is 415 g/mol. The van der Waals surface area contributed by atoms with E-state index in [2.05, 4.69) is 55.9 Å². The first kappa shape index (κ1) is 21.6. The third kappa shape index (κ3) is 5.49. The Kier molecular flexibility index (Phi) is 7.65. The number of phenols is 1. The Bertz CT molecular complexity index is 1040. The Morgan fingerprint density at radius 2 is 1.67 bits per heavy atom. The highest BCUT2D eigenvalue weighted by Crippen LogP contribution is 2.34. The van der Waals surface area contributed by atoms with Crippen LogP contribution in [0.25, 0.3) is 11.1 Å². The van der Waals surface area contributed by atoms with Crippen LogP contribution in [-0.4, -0.2) is 24.2 Å². The Hall–Kier alpha value is -3.09. The molecule has 0 spiro atoms. The van der Waals surface area contributed by atoms with Crippen molar-refractivity contribution in [2.45, 2.75) is 12.8 Å². The summed E-state index contributed by atoms with van der Waals surface area (Å²) in [6, 6.07) is 22.3. The number of benzene rings is 3. The van der Waals surface area contributed by atoms with Crippen molar-refractivity contribution in [2.75, 3.05) is 12.8 Å². The molecule has 0 saturated carbocycles. The van der Waals surface area contributed by atoms with Crippen LogP contribution in [0.2, 0.25) is 0 Å². The molecule has 0 aliphatic carbocycles. The van der Waals surface area contributed by atoms with E-state index in [1.807, 2.05) is 30.3 Å². The second kappa shape index (κ2) is 10.6. The van der Waals surface area contributed by atoms with E-state index in [0.717, 1.165) is 35.0 Å².